The van der Waals surface area contributed by atoms with Gasteiger partial charge >= 0.3 is 11.6 Å². The summed E-state index contributed by atoms with van der Waals surface area (Å²) in [6, 6.07) is 0.755. The van der Waals surface area contributed by atoms with Crippen LogP contribution in [0.15, 0.2) is 27.6 Å². The summed E-state index contributed by atoms with van der Waals surface area (Å²) in [6.45, 7) is 0. The van der Waals surface area contributed by atoms with Crippen LogP contribution in [0.3, 0.4) is 0 Å². The molecule has 1 aromatic heterocycles. The molecule has 0 unspecified atom stereocenters. The number of carboxylic acids is 1. The smallest absolute Gasteiger partial charge is 0.335 e. The monoisotopic (exact) mass is 254 g/mol. The Morgan fingerprint density at radius 1 is 1.39 bits per heavy atom. The molecule has 0 aliphatic heterocycles. The van der Waals surface area contributed by atoms with Gasteiger partial charge in [-0.1, -0.05) is 0 Å². The lowest BCUT2D eigenvalue weighted by atomic mass is 10.2. The van der Waals surface area contributed by atoms with Gasteiger partial charge in [-0.15, -0.1) is 0 Å². The van der Waals surface area contributed by atoms with Crippen LogP contribution in [0.4, 0.5) is 0 Å². The van der Waals surface area contributed by atoms with Crippen LogP contribution in [-0.4, -0.2) is 28.9 Å². The molecule has 1 aromatic rings. The van der Waals surface area contributed by atoms with Crippen LogP contribution >= 0.6 is 0 Å². The zero-order valence-electron chi connectivity index (χ0n) is 9.08. The molecule has 96 valence electrons. The first-order valence-corrected chi connectivity index (χ1v) is 4.81. The average Bonchev–Trinajstić information content (AvgIpc) is 2.28. The summed E-state index contributed by atoms with van der Waals surface area (Å²) in [5.41, 5.74) is 4.17. The Morgan fingerprint density at radius 2 is 2.06 bits per heavy atom. The summed E-state index contributed by atoms with van der Waals surface area (Å²) in [7, 11) is 0. The van der Waals surface area contributed by atoms with E-state index in [1.54, 1.807) is 0 Å². The number of hydrogen-bond donors (Lipinski definition) is 3. The maximum Gasteiger partial charge on any atom is 0.335 e. The van der Waals surface area contributed by atoms with Gasteiger partial charge in [-0.05, 0) is 6.07 Å². The third-order valence-corrected chi connectivity index (χ3v) is 1.97. The van der Waals surface area contributed by atoms with Crippen molar-refractivity contribution in [1.82, 2.24) is 5.32 Å². The molecule has 1 rings (SSSR count). The topological polar surface area (TPSA) is 140 Å². The van der Waals surface area contributed by atoms with Gasteiger partial charge in [0.05, 0.1) is 12.0 Å². The maximum atomic E-state index is 11.6. The number of carbonyl (C=O) groups excluding carboxylic acids is 2. The Balaban J connectivity index is 2.78. The van der Waals surface area contributed by atoms with Gasteiger partial charge in [-0.2, -0.15) is 0 Å². The van der Waals surface area contributed by atoms with Crippen LogP contribution in [0.25, 0.3) is 0 Å². The summed E-state index contributed by atoms with van der Waals surface area (Å²) < 4.78 is 4.45. The molecule has 8 heteroatoms. The van der Waals surface area contributed by atoms with E-state index in [4.69, 9.17) is 10.8 Å². The molecule has 8 nitrogen and oxygen atoms in total. The molecule has 2 amide bonds. The van der Waals surface area contributed by atoms with E-state index in [2.05, 4.69) is 9.73 Å². The number of amides is 2. The van der Waals surface area contributed by atoms with E-state index in [1.807, 2.05) is 0 Å². The second kappa shape index (κ2) is 5.62. The van der Waals surface area contributed by atoms with Crippen molar-refractivity contribution in [2.75, 3.05) is 0 Å². The van der Waals surface area contributed by atoms with Gasteiger partial charge in [-0.25, -0.2) is 9.59 Å². The minimum atomic E-state index is -1.43. The second-order valence-electron chi connectivity index (χ2n) is 3.38. The summed E-state index contributed by atoms with van der Waals surface area (Å²) >= 11 is 0. The van der Waals surface area contributed by atoms with E-state index in [9.17, 15) is 19.2 Å². The van der Waals surface area contributed by atoms with E-state index in [1.165, 1.54) is 6.07 Å². The number of aliphatic carboxylic acids is 1. The Kier molecular flexibility index (Phi) is 4.19. The molecular weight excluding hydrogens is 244 g/mol. The number of rotatable bonds is 5. The van der Waals surface area contributed by atoms with Crippen molar-refractivity contribution in [3.8, 4) is 0 Å². The highest BCUT2D eigenvalue weighted by molar-refractivity contribution is 5.97. The van der Waals surface area contributed by atoms with E-state index >= 15 is 0 Å². The van der Waals surface area contributed by atoms with E-state index < -0.39 is 35.9 Å². The van der Waals surface area contributed by atoms with Crippen LogP contribution < -0.4 is 16.7 Å². The molecule has 0 saturated carbocycles. The fraction of sp³-hybridized carbons (Fsp3) is 0.200. The third kappa shape index (κ3) is 3.74. The number of carboxylic acid groups (broad SMARTS) is 1. The number of primary amides is 1. The fourth-order valence-electron chi connectivity index (χ4n) is 1.13. The predicted molar refractivity (Wildman–Crippen MR) is 57.7 cm³/mol. The molecular formula is C10H10N2O6. The van der Waals surface area contributed by atoms with Gasteiger partial charge in [0.2, 0.25) is 5.91 Å². The van der Waals surface area contributed by atoms with Crippen molar-refractivity contribution >= 4 is 17.8 Å². The lowest BCUT2D eigenvalue weighted by Gasteiger charge is -2.12. The highest BCUT2D eigenvalue weighted by atomic mass is 16.4. The first kappa shape index (κ1) is 13.4. The highest BCUT2D eigenvalue weighted by Gasteiger charge is 2.22. The number of nitrogens with two attached hydrogens (primary N) is 1. The van der Waals surface area contributed by atoms with Crippen LogP contribution in [0.5, 0.6) is 0 Å². The molecule has 18 heavy (non-hydrogen) atoms. The molecule has 0 radical (unpaired) electrons. The molecule has 0 bridgehead atoms. The van der Waals surface area contributed by atoms with Crippen molar-refractivity contribution in [1.29, 1.82) is 0 Å². The molecule has 0 spiro atoms. The molecule has 1 heterocycles. The lowest BCUT2D eigenvalue weighted by Crippen LogP contribution is -2.43. The molecule has 1 atom stereocenters. The Bertz CT molecular complexity index is 515. The third-order valence-electron chi connectivity index (χ3n) is 1.97. The maximum absolute atomic E-state index is 11.6. The van der Waals surface area contributed by atoms with Crippen molar-refractivity contribution in [2.45, 2.75) is 12.5 Å². The number of carbonyl (C=O) groups is 3. The number of nitrogens with one attached hydrogen (secondary N) is 1. The van der Waals surface area contributed by atoms with Gasteiger partial charge in [0.1, 0.15) is 12.3 Å². The number of hydrogen-bond acceptors (Lipinski definition) is 5. The van der Waals surface area contributed by atoms with Crippen LogP contribution in [0, 0.1) is 0 Å². The van der Waals surface area contributed by atoms with E-state index in [0.717, 1.165) is 12.3 Å². The van der Waals surface area contributed by atoms with Gasteiger partial charge < -0.3 is 20.6 Å². The molecule has 0 aromatic carbocycles. The zero-order valence-corrected chi connectivity index (χ0v) is 9.08. The van der Waals surface area contributed by atoms with Crippen molar-refractivity contribution in [2.24, 2.45) is 5.73 Å². The summed E-state index contributed by atoms with van der Waals surface area (Å²) in [4.78, 5) is 43.6. The Morgan fingerprint density at radius 3 is 2.50 bits per heavy atom. The van der Waals surface area contributed by atoms with Gasteiger partial charge in [0, 0.05) is 6.07 Å². The van der Waals surface area contributed by atoms with E-state index in [0.29, 0.717) is 0 Å². The van der Waals surface area contributed by atoms with Crippen molar-refractivity contribution in [3.05, 3.63) is 34.4 Å². The average molecular weight is 254 g/mol. The Labute approximate surface area is 100 Å². The quantitative estimate of drug-likeness (QED) is 0.596. The first-order valence-electron chi connectivity index (χ1n) is 4.81. The molecule has 0 aliphatic carbocycles. The summed E-state index contributed by atoms with van der Waals surface area (Å²) in [6.07, 6.45) is 0.360. The van der Waals surface area contributed by atoms with Crippen molar-refractivity contribution < 1.29 is 23.9 Å². The first-order chi connectivity index (χ1) is 8.40. The SMILES string of the molecule is NC(=O)C[C@@H](NC(=O)c1ccc(=O)oc1)C(=O)O. The van der Waals surface area contributed by atoms with Gasteiger partial charge in [0.25, 0.3) is 5.91 Å². The highest BCUT2D eigenvalue weighted by Crippen LogP contribution is 1.99. The van der Waals surface area contributed by atoms with E-state index in [-0.39, 0.29) is 5.56 Å². The zero-order chi connectivity index (χ0) is 13.7. The van der Waals surface area contributed by atoms with Crippen molar-refractivity contribution in [3.63, 3.8) is 0 Å². The second-order valence-corrected chi connectivity index (χ2v) is 3.38. The van der Waals surface area contributed by atoms with Gasteiger partial charge in [0.15, 0.2) is 0 Å². The largest absolute Gasteiger partial charge is 0.480 e. The standard InChI is InChI=1S/C10H10N2O6/c11-7(13)3-6(10(16)17)12-9(15)5-1-2-8(14)18-4-5/h1-2,4,6H,3H2,(H2,11,13)(H,12,15)(H,16,17)/t6-/m1/s1. The fourth-order valence-corrected chi connectivity index (χ4v) is 1.13. The molecule has 0 saturated heterocycles. The normalized spacial score (nSPS) is 11.6. The molecule has 4 N–H and O–H groups in total. The Hall–Kier alpha value is -2.64. The van der Waals surface area contributed by atoms with Crippen LogP contribution in [-0.2, 0) is 9.59 Å². The lowest BCUT2D eigenvalue weighted by molar-refractivity contribution is -0.140. The summed E-state index contributed by atoms with van der Waals surface area (Å²) in [5, 5.41) is 10.8. The molecule has 0 fully saturated rings. The molecule has 0 aliphatic rings. The van der Waals surface area contributed by atoms with Gasteiger partial charge in [-0.3, -0.25) is 9.59 Å². The minimum absolute atomic E-state index is 0.0367. The van der Waals surface area contributed by atoms with Crippen LogP contribution in [0.1, 0.15) is 16.8 Å². The predicted octanol–water partition coefficient (Wildman–Crippen LogP) is -1.30. The van der Waals surface area contributed by atoms with Crippen LogP contribution in [0.2, 0.25) is 0 Å². The minimum Gasteiger partial charge on any atom is -0.480 e. The summed E-state index contributed by atoms with van der Waals surface area (Å²) in [5.74, 6) is -3.03.